The average Bonchev–Trinajstić information content (AvgIpc) is 2.65. The quantitative estimate of drug-likeness (QED) is 0.319. The van der Waals surface area contributed by atoms with E-state index in [2.05, 4.69) is 5.32 Å². The Morgan fingerprint density at radius 2 is 2.08 bits per heavy atom. The standard InChI is InChI=1S/C8H9N3O2/c9-3-4-10-7(12)8(13)11-5-1-2-6-11/h1-2H,4-6H2,(H,10,12). The minimum Gasteiger partial charge on any atom is -0.335 e. The van der Waals surface area contributed by atoms with Gasteiger partial charge in [-0.1, -0.05) is 12.2 Å². The van der Waals surface area contributed by atoms with Crippen LogP contribution in [0.15, 0.2) is 12.2 Å². The number of nitrogens with one attached hydrogen (secondary N) is 1. The van der Waals surface area contributed by atoms with E-state index in [-0.39, 0.29) is 6.54 Å². The third-order valence-electron chi connectivity index (χ3n) is 1.63. The van der Waals surface area contributed by atoms with Crippen LogP contribution in [0.5, 0.6) is 0 Å². The van der Waals surface area contributed by atoms with Crippen LogP contribution in [-0.2, 0) is 9.59 Å². The van der Waals surface area contributed by atoms with Gasteiger partial charge in [-0.05, 0) is 0 Å². The number of nitriles is 1. The molecule has 1 rings (SSSR count). The molecule has 0 aromatic rings. The zero-order valence-corrected chi connectivity index (χ0v) is 6.99. The lowest BCUT2D eigenvalue weighted by molar-refractivity contribution is -0.144. The molecular formula is C8H9N3O2. The molecule has 5 nitrogen and oxygen atoms in total. The summed E-state index contributed by atoms with van der Waals surface area (Å²) >= 11 is 0. The summed E-state index contributed by atoms with van der Waals surface area (Å²) in [7, 11) is 0. The van der Waals surface area contributed by atoms with Crippen molar-refractivity contribution >= 4 is 11.8 Å². The number of amides is 2. The maximum Gasteiger partial charge on any atom is 0.312 e. The molecule has 1 N–H and O–H groups in total. The van der Waals surface area contributed by atoms with Gasteiger partial charge in [0.15, 0.2) is 0 Å². The largest absolute Gasteiger partial charge is 0.335 e. The van der Waals surface area contributed by atoms with Gasteiger partial charge in [-0.15, -0.1) is 0 Å². The van der Waals surface area contributed by atoms with Crippen molar-refractivity contribution in [2.24, 2.45) is 0 Å². The van der Waals surface area contributed by atoms with Gasteiger partial charge in [-0.2, -0.15) is 5.26 Å². The van der Waals surface area contributed by atoms with Crippen molar-refractivity contribution in [3.8, 4) is 6.07 Å². The van der Waals surface area contributed by atoms with E-state index in [0.717, 1.165) is 0 Å². The summed E-state index contributed by atoms with van der Waals surface area (Å²) in [6, 6.07) is 1.73. The molecule has 1 heterocycles. The molecule has 0 bridgehead atoms. The van der Waals surface area contributed by atoms with Gasteiger partial charge in [-0.3, -0.25) is 9.59 Å². The van der Waals surface area contributed by atoms with E-state index in [4.69, 9.17) is 5.26 Å². The Hall–Kier alpha value is -1.83. The highest BCUT2D eigenvalue weighted by Crippen LogP contribution is 1.98. The zero-order valence-electron chi connectivity index (χ0n) is 6.99. The van der Waals surface area contributed by atoms with Crippen molar-refractivity contribution in [2.75, 3.05) is 19.6 Å². The summed E-state index contributed by atoms with van der Waals surface area (Å²) < 4.78 is 0. The maximum absolute atomic E-state index is 11.2. The maximum atomic E-state index is 11.2. The monoisotopic (exact) mass is 179 g/mol. The zero-order chi connectivity index (χ0) is 9.68. The second-order valence-electron chi connectivity index (χ2n) is 2.52. The van der Waals surface area contributed by atoms with Gasteiger partial charge in [0.2, 0.25) is 0 Å². The number of nitrogens with zero attached hydrogens (tertiary/aromatic N) is 2. The Morgan fingerprint density at radius 3 is 2.62 bits per heavy atom. The number of carbonyl (C=O) groups is 2. The second kappa shape index (κ2) is 4.26. The van der Waals surface area contributed by atoms with E-state index in [1.807, 2.05) is 12.2 Å². The van der Waals surface area contributed by atoms with Crippen LogP contribution >= 0.6 is 0 Å². The number of hydrogen-bond acceptors (Lipinski definition) is 3. The summed E-state index contributed by atoms with van der Waals surface area (Å²) in [5.41, 5.74) is 0. The first-order valence-electron chi connectivity index (χ1n) is 3.84. The molecule has 0 spiro atoms. The Morgan fingerprint density at radius 1 is 1.46 bits per heavy atom. The summed E-state index contributed by atoms with van der Waals surface area (Å²) in [6.45, 7) is 0.809. The molecular weight excluding hydrogens is 170 g/mol. The molecule has 13 heavy (non-hydrogen) atoms. The Bertz CT molecular complexity index is 282. The lowest BCUT2D eigenvalue weighted by Crippen LogP contribution is -2.41. The van der Waals surface area contributed by atoms with Crippen LogP contribution in [0.2, 0.25) is 0 Å². The molecule has 0 saturated carbocycles. The van der Waals surface area contributed by atoms with Gasteiger partial charge >= 0.3 is 11.8 Å². The third kappa shape index (κ3) is 2.30. The highest BCUT2D eigenvalue weighted by molar-refractivity contribution is 6.35. The first-order chi connectivity index (χ1) is 6.25. The van der Waals surface area contributed by atoms with E-state index < -0.39 is 11.8 Å². The number of rotatable bonds is 1. The van der Waals surface area contributed by atoms with Crippen LogP contribution in [0, 0.1) is 11.3 Å². The molecule has 2 amide bonds. The molecule has 68 valence electrons. The van der Waals surface area contributed by atoms with Crippen molar-refractivity contribution in [3.63, 3.8) is 0 Å². The van der Waals surface area contributed by atoms with Gasteiger partial charge in [0.05, 0.1) is 6.07 Å². The van der Waals surface area contributed by atoms with Gasteiger partial charge in [0.1, 0.15) is 6.54 Å². The smallest absolute Gasteiger partial charge is 0.312 e. The van der Waals surface area contributed by atoms with E-state index >= 15 is 0 Å². The molecule has 0 fully saturated rings. The van der Waals surface area contributed by atoms with Gasteiger partial charge in [-0.25, -0.2) is 0 Å². The highest BCUT2D eigenvalue weighted by Gasteiger charge is 2.21. The van der Waals surface area contributed by atoms with E-state index in [9.17, 15) is 9.59 Å². The normalized spacial score (nSPS) is 13.9. The number of carbonyl (C=O) groups excluding carboxylic acids is 2. The molecule has 1 aliphatic heterocycles. The molecule has 0 aromatic carbocycles. The number of hydrogen-bond donors (Lipinski definition) is 1. The van der Waals surface area contributed by atoms with Gasteiger partial charge < -0.3 is 10.2 Å². The lowest BCUT2D eigenvalue weighted by atomic mass is 10.4. The van der Waals surface area contributed by atoms with Gasteiger partial charge in [0, 0.05) is 13.1 Å². The van der Waals surface area contributed by atoms with Crippen LogP contribution in [0.3, 0.4) is 0 Å². The fourth-order valence-electron chi connectivity index (χ4n) is 0.983. The molecule has 0 atom stereocenters. The summed E-state index contributed by atoms with van der Waals surface area (Å²) in [4.78, 5) is 23.6. The first-order valence-corrected chi connectivity index (χ1v) is 3.84. The van der Waals surface area contributed by atoms with Crippen LogP contribution < -0.4 is 5.32 Å². The van der Waals surface area contributed by atoms with E-state index in [0.29, 0.717) is 13.1 Å². The topological polar surface area (TPSA) is 73.2 Å². The fraction of sp³-hybridized carbons (Fsp3) is 0.375. The summed E-state index contributed by atoms with van der Waals surface area (Å²) in [5, 5.41) is 10.4. The highest BCUT2D eigenvalue weighted by atomic mass is 16.2. The van der Waals surface area contributed by atoms with E-state index in [1.54, 1.807) is 6.07 Å². The van der Waals surface area contributed by atoms with Crippen molar-refractivity contribution in [2.45, 2.75) is 0 Å². The third-order valence-corrected chi connectivity index (χ3v) is 1.63. The van der Waals surface area contributed by atoms with E-state index in [1.165, 1.54) is 4.90 Å². The minimum absolute atomic E-state index is 0.133. The summed E-state index contributed by atoms with van der Waals surface area (Å²) in [5.74, 6) is -1.30. The SMILES string of the molecule is N#CCNC(=O)C(=O)N1CC=CC1. The second-order valence-corrected chi connectivity index (χ2v) is 2.52. The van der Waals surface area contributed by atoms with Crippen LogP contribution in [0.4, 0.5) is 0 Å². The minimum atomic E-state index is -0.717. The van der Waals surface area contributed by atoms with Crippen molar-refractivity contribution in [1.82, 2.24) is 10.2 Å². The molecule has 1 aliphatic rings. The summed E-state index contributed by atoms with van der Waals surface area (Å²) in [6.07, 6.45) is 3.63. The Balaban J connectivity index is 2.39. The molecule has 0 saturated heterocycles. The van der Waals surface area contributed by atoms with Crippen LogP contribution in [0.1, 0.15) is 0 Å². The van der Waals surface area contributed by atoms with Crippen molar-refractivity contribution in [3.05, 3.63) is 12.2 Å². The first kappa shape index (κ1) is 9.26. The Labute approximate surface area is 75.6 Å². The molecule has 0 radical (unpaired) electrons. The van der Waals surface area contributed by atoms with Crippen molar-refractivity contribution in [1.29, 1.82) is 5.26 Å². The van der Waals surface area contributed by atoms with Crippen LogP contribution in [-0.4, -0.2) is 36.3 Å². The predicted octanol–water partition coefficient (Wildman–Crippen LogP) is -0.975. The molecule has 0 aliphatic carbocycles. The average molecular weight is 179 g/mol. The predicted molar refractivity (Wildman–Crippen MR) is 44.3 cm³/mol. The lowest BCUT2D eigenvalue weighted by Gasteiger charge is -2.13. The molecule has 0 unspecified atom stereocenters. The Kier molecular flexibility index (Phi) is 3.03. The molecule has 0 aromatic heterocycles. The van der Waals surface area contributed by atoms with Crippen LogP contribution in [0.25, 0.3) is 0 Å². The fourth-order valence-corrected chi connectivity index (χ4v) is 0.983. The van der Waals surface area contributed by atoms with Gasteiger partial charge in [0.25, 0.3) is 0 Å². The van der Waals surface area contributed by atoms with Crippen molar-refractivity contribution < 1.29 is 9.59 Å². The molecule has 5 heteroatoms.